The second-order valence-corrected chi connectivity index (χ2v) is 6.91. The molecule has 1 amide bonds. The van der Waals surface area contributed by atoms with E-state index in [1.54, 1.807) is 18.6 Å². The van der Waals surface area contributed by atoms with Crippen LogP contribution in [-0.2, 0) is 6.54 Å². The second kappa shape index (κ2) is 8.48. The summed E-state index contributed by atoms with van der Waals surface area (Å²) in [5.74, 6) is -0.0947. The van der Waals surface area contributed by atoms with Gasteiger partial charge in [0.1, 0.15) is 0 Å². The first-order valence-electron chi connectivity index (χ1n) is 9.50. The monoisotopic (exact) mass is 379 g/mol. The van der Waals surface area contributed by atoms with Crippen molar-refractivity contribution in [1.29, 1.82) is 0 Å². The first-order valence-corrected chi connectivity index (χ1v) is 9.50. The second-order valence-electron chi connectivity index (χ2n) is 6.91. The van der Waals surface area contributed by atoms with Crippen molar-refractivity contribution in [1.82, 2.24) is 15.3 Å². The number of pyridine rings is 2. The van der Waals surface area contributed by atoms with Crippen molar-refractivity contribution in [2.45, 2.75) is 13.5 Å². The SMILES string of the molecule is Cc1ccc(-c2ccc(C(=O)NCc3ccnc(-c4ccncc4)c3)cc2)cc1. The third-order valence-corrected chi connectivity index (χ3v) is 4.79. The van der Waals surface area contributed by atoms with Crippen molar-refractivity contribution in [2.24, 2.45) is 0 Å². The smallest absolute Gasteiger partial charge is 0.251 e. The fourth-order valence-corrected chi connectivity index (χ4v) is 3.11. The van der Waals surface area contributed by atoms with Gasteiger partial charge in [-0.25, -0.2) is 0 Å². The lowest BCUT2D eigenvalue weighted by Gasteiger charge is -2.08. The summed E-state index contributed by atoms with van der Waals surface area (Å²) in [7, 11) is 0. The van der Waals surface area contributed by atoms with E-state index < -0.39 is 0 Å². The average molecular weight is 379 g/mol. The van der Waals surface area contributed by atoms with Crippen molar-refractivity contribution >= 4 is 5.91 Å². The highest BCUT2D eigenvalue weighted by molar-refractivity contribution is 5.94. The van der Waals surface area contributed by atoms with Gasteiger partial charge in [0.2, 0.25) is 0 Å². The van der Waals surface area contributed by atoms with Crippen LogP contribution >= 0.6 is 0 Å². The molecule has 4 rings (SSSR count). The van der Waals surface area contributed by atoms with Crippen molar-refractivity contribution in [3.8, 4) is 22.4 Å². The number of nitrogens with one attached hydrogen (secondary N) is 1. The summed E-state index contributed by atoms with van der Waals surface area (Å²) < 4.78 is 0. The van der Waals surface area contributed by atoms with Gasteiger partial charge in [0.05, 0.1) is 5.69 Å². The molecule has 1 N–H and O–H groups in total. The molecule has 0 radical (unpaired) electrons. The first kappa shape index (κ1) is 18.6. The largest absolute Gasteiger partial charge is 0.348 e. The molecule has 4 heteroatoms. The molecule has 0 atom stereocenters. The van der Waals surface area contributed by atoms with Gasteiger partial charge >= 0.3 is 0 Å². The lowest BCUT2D eigenvalue weighted by Crippen LogP contribution is -2.22. The summed E-state index contributed by atoms with van der Waals surface area (Å²) in [6, 6.07) is 23.8. The molecule has 0 bridgehead atoms. The summed E-state index contributed by atoms with van der Waals surface area (Å²) in [4.78, 5) is 21.0. The van der Waals surface area contributed by atoms with Crippen LogP contribution in [0.4, 0.5) is 0 Å². The van der Waals surface area contributed by atoms with E-state index in [9.17, 15) is 4.79 Å². The molecule has 0 aliphatic heterocycles. The van der Waals surface area contributed by atoms with E-state index in [2.05, 4.69) is 46.5 Å². The third kappa shape index (κ3) is 4.55. The Balaban J connectivity index is 1.42. The van der Waals surface area contributed by atoms with E-state index in [0.717, 1.165) is 27.9 Å². The standard InChI is InChI=1S/C25H21N3O/c1-18-2-4-20(5-3-18)21-6-8-23(9-7-21)25(29)28-17-19-10-15-27-24(16-19)22-11-13-26-14-12-22/h2-16H,17H2,1H3,(H,28,29). The van der Waals surface area contributed by atoms with Gasteiger partial charge in [0, 0.05) is 36.3 Å². The molecular formula is C25H21N3O. The Morgan fingerprint density at radius 2 is 1.45 bits per heavy atom. The fourth-order valence-electron chi connectivity index (χ4n) is 3.11. The van der Waals surface area contributed by atoms with Gasteiger partial charge in [-0.2, -0.15) is 0 Å². The molecule has 4 nitrogen and oxygen atoms in total. The quantitative estimate of drug-likeness (QED) is 0.528. The number of aryl methyl sites for hydroxylation is 1. The molecule has 2 aromatic carbocycles. The predicted molar refractivity (Wildman–Crippen MR) is 115 cm³/mol. The predicted octanol–water partition coefficient (Wildman–Crippen LogP) is 5.05. The number of carbonyl (C=O) groups is 1. The highest BCUT2D eigenvalue weighted by atomic mass is 16.1. The van der Waals surface area contributed by atoms with Crippen LogP contribution in [0, 0.1) is 6.92 Å². The number of carbonyl (C=O) groups excluding carboxylic acids is 1. The van der Waals surface area contributed by atoms with Gasteiger partial charge in [0.25, 0.3) is 5.91 Å². The summed E-state index contributed by atoms with van der Waals surface area (Å²) in [5, 5.41) is 2.98. The van der Waals surface area contributed by atoms with Gasteiger partial charge in [-0.05, 0) is 60.0 Å². The minimum atomic E-state index is -0.0947. The van der Waals surface area contributed by atoms with Crippen LogP contribution in [0.1, 0.15) is 21.5 Å². The van der Waals surface area contributed by atoms with Crippen molar-refractivity contribution in [2.75, 3.05) is 0 Å². The van der Waals surface area contributed by atoms with E-state index in [1.807, 2.05) is 48.5 Å². The number of amides is 1. The Bertz CT molecular complexity index is 1100. The molecule has 2 aromatic heterocycles. The maximum atomic E-state index is 12.5. The van der Waals surface area contributed by atoms with Crippen LogP contribution in [0.5, 0.6) is 0 Å². The summed E-state index contributed by atoms with van der Waals surface area (Å²) in [6.45, 7) is 2.51. The van der Waals surface area contributed by atoms with E-state index in [0.29, 0.717) is 12.1 Å². The van der Waals surface area contributed by atoms with E-state index in [4.69, 9.17) is 0 Å². The van der Waals surface area contributed by atoms with Crippen LogP contribution in [-0.4, -0.2) is 15.9 Å². The van der Waals surface area contributed by atoms with Gasteiger partial charge < -0.3 is 5.32 Å². The molecule has 0 aliphatic rings. The Labute approximate surface area is 170 Å². The molecule has 0 saturated heterocycles. The zero-order chi connectivity index (χ0) is 20.1. The number of rotatable bonds is 5. The van der Waals surface area contributed by atoms with Crippen LogP contribution in [0.2, 0.25) is 0 Å². The minimum absolute atomic E-state index is 0.0947. The fraction of sp³-hybridized carbons (Fsp3) is 0.0800. The molecule has 142 valence electrons. The molecule has 0 fully saturated rings. The normalized spacial score (nSPS) is 10.5. The maximum Gasteiger partial charge on any atom is 0.251 e. The number of hydrogen-bond donors (Lipinski definition) is 1. The molecular weight excluding hydrogens is 358 g/mol. The third-order valence-electron chi connectivity index (χ3n) is 4.79. The van der Waals surface area contributed by atoms with Gasteiger partial charge in [-0.15, -0.1) is 0 Å². The van der Waals surface area contributed by atoms with Crippen LogP contribution < -0.4 is 5.32 Å². The number of benzene rings is 2. The zero-order valence-corrected chi connectivity index (χ0v) is 16.2. The van der Waals surface area contributed by atoms with Crippen LogP contribution in [0.15, 0.2) is 91.4 Å². The summed E-state index contributed by atoms with van der Waals surface area (Å²) in [5.41, 5.74) is 6.97. The highest BCUT2D eigenvalue weighted by Gasteiger charge is 2.07. The van der Waals surface area contributed by atoms with Crippen LogP contribution in [0.25, 0.3) is 22.4 Å². The Morgan fingerprint density at radius 1 is 0.793 bits per heavy atom. The average Bonchev–Trinajstić information content (AvgIpc) is 2.79. The molecule has 2 heterocycles. The van der Waals surface area contributed by atoms with Gasteiger partial charge in [-0.3, -0.25) is 14.8 Å². The molecule has 4 aromatic rings. The lowest BCUT2D eigenvalue weighted by molar-refractivity contribution is 0.0951. The molecule has 0 saturated carbocycles. The Hall–Kier alpha value is -3.79. The topological polar surface area (TPSA) is 54.9 Å². The first-order chi connectivity index (χ1) is 14.2. The van der Waals surface area contributed by atoms with E-state index >= 15 is 0 Å². The van der Waals surface area contributed by atoms with Gasteiger partial charge in [0.15, 0.2) is 0 Å². The van der Waals surface area contributed by atoms with E-state index in [-0.39, 0.29) is 5.91 Å². The maximum absolute atomic E-state index is 12.5. The number of hydrogen-bond acceptors (Lipinski definition) is 3. The summed E-state index contributed by atoms with van der Waals surface area (Å²) in [6.07, 6.45) is 5.24. The summed E-state index contributed by atoms with van der Waals surface area (Å²) >= 11 is 0. The van der Waals surface area contributed by atoms with Crippen molar-refractivity contribution in [3.05, 3.63) is 108 Å². The van der Waals surface area contributed by atoms with E-state index in [1.165, 1.54) is 5.56 Å². The minimum Gasteiger partial charge on any atom is -0.348 e. The number of nitrogens with zero attached hydrogens (tertiary/aromatic N) is 2. The molecule has 29 heavy (non-hydrogen) atoms. The number of aromatic nitrogens is 2. The zero-order valence-electron chi connectivity index (χ0n) is 16.2. The highest BCUT2D eigenvalue weighted by Crippen LogP contribution is 2.20. The Morgan fingerprint density at radius 3 is 2.14 bits per heavy atom. The Kier molecular flexibility index (Phi) is 5.43. The van der Waals surface area contributed by atoms with Gasteiger partial charge in [-0.1, -0.05) is 42.0 Å². The lowest BCUT2D eigenvalue weighted by atomic mass is 10.0. The van der Waals surface area contributed by atoms with Crippen molar-refractivity contribution < 1.29 is 4.79 Å². The van der Waals surface area contributed by atoms with Crippen molar-refractivity contribution in [3.63, 3.8) is 0 Å². The van der Waals surface area contributed by atoms with Crippen LogP contribution in [0.3, 0.4) is 0 Å². The molecule has 0 unspecified atom stereocenters. The molecule has 0 aliphatic carbocycles. The molecule has 0 spiro atoms.